The van der Waals surface area contributed by atoms with Crippen molar-refractivity contribution in [2.45, 2.75) is 30.6 Å². The van der Waals surface area contributed by atoms with Gasteiger partial charge in [-0.1, -0.05) is 6.42 Å². The van der Waals surface area contributed by atoms with Crippen LogP contribution in [-0.2, 0) is 14.8 Å². The molecule has 0 aliphatic carbocycles. The van der Waals surface area contributed by atoms with E-state index in [1.165, 1.54) is 47.8 Å². The molecule has 0 saturated carbocycles. The Kier molecular flexibility index (Phi) is 7.28. The Morgan fingerprint density at radius 1 is 1.10 bits per heavy atom. The maximum absolute atomic E-state index is 13.0. The molecule has 0 unspecified atom stereocenters. The van der Waals surface area contributed by atoms with Crippen molar-refractivity contribution in [3.05, 3.63) is 48.3 Å². The molecular formula is C21H25FN2O5S. The summed E-state index contributed by atoms with van der Waals surface area (Å²) in [6, 6.07) is 10.0. The summed E-state index contributed by atoms with van der Waals surface area (Å²) < 4.78 is 51.1. The van der Waals surface area contributed by atoms with E-state index in [-0.39, 0.29) is 35.4 Å². The zero-order chi connectivity index (χ0) is 21.6. The minimum atomic E-state index is -3.72. The monoisotopic (exact) mass is 436 g/mol. The van der Waals surface area contributed by atoms with Crippen molar-refractivity contribution >= 4 is 21.6 Å². The lowest BCUT2D eigenvalue weighted by molar-refractivity contribution is -0.116. The van der Waals surface area contributed by atoms with Gasteiger partial charge in [0.05, 0.1) is 20.1 Å². The molecule has 1 N–H and O–H groups in total. The van der Waals surface area contributed by atoms with Crippen LogP contribution in [0, 0.1) is 5.82 Å². The van der Waals surface area contributed by atoms with E-state index in [4.69, 9.17) is 9.47 Å². The summed E-state index contributed by atoms with van der Waals surface area (Å²) in [5.74, 6) is 0.000261. The number of nitrogens with one attached hydrogen (secondary N) is 1. The number of methoxy groups -OCH3 is 1. The second kappa shape index (κ2) is 9.90. The maximum atomic E-state index is 13.0. The first-order valence-corrected chi connectivity index (χ1v) is 11.2. The minimum absolute atomic E-state index is 0.0345. The molecule has 1 fully saturated rings. The molecule has 0 radical (unpaired) electrons. The van der Waals surface area contributed by atoms with Crippen LogP contribution in [0.1, 0.15) is 25.7 Å². The third-order valence-electron chi connectivity index (χ3n) is 4.79. The number of nitrogens with zero attached hydrogens (tertiary/aromatic N) is 1. The fraction of sp³-hybridized carbons (Fsp3) is 0.381. The van der Waals surface area contributed by atoms with Gasteiger partial charge >= 0.3 is 0 Å². The van der Waals surface area contributed by atoms with Crippen LogP contribution in [0.2, 0.25) is 0 Å². The van der Waals surface area contributed by atoms with Gasteiger partial charge in [0.2, 0.25) is 15.9 Å². The lowest BCUT2D eigenvalue weighted by Gasteiger charge is -2.26. The molecule has 1 saturated heterocycles. The van der Waals surface area contributed by atoms with Crippen molar-refractivity contribution in [3.8, 4) is 11.5 Å². The zero-order valence-electron chi connectivity index (χ0n) is 16.8. The molecule has 9 heteroatoms. The third-order valence-corrected chi connectivity index (χ3v) is 6.71. The van der Waals surface area contributed by atoms with Gasteiger partial charge < -0.3 is 14.8 Å². The van der Waals surface area contributed by atoms with E-state index >= 15 is 0 Å². The number of amides is 1. The number of sulfonamides is 1. The molecule has 1 aliphatic heterocycles. The van der Waals surface area contributed by atoms with E-state index in [1.54, 1.807) is 6.07 Å². The Bertz CT molecular complexity index is 973. The molecule has 1 heterocycles. The average molecular weight is 437 g/mol. The van der Waals surface area contributed by atoms with E-state index in [2.05, 4.69) is 5.32 Å². The Labute approximate surface area is 175 Å². The second-order valence-corrected chi connectivity index (χ2v) is 8.84. The molecule has 1 amide bonds. The van der Waals surface area contributed by atoms with Gasteiger partial charge in [-0.15, -0.1) is 0 Å². The maximum Gasteiger partial charge on any atom is 0.246 e. The molecule has 3 rings (SSSR count). The predicted octanol–water partition coefficient (Wildman–Crippen LogP) is 3.42. The number of halogens is 1. The van der Waals surface area contributed by atoms with E-state index < -0.39 is 10.0 Å². The average Bonchev–Trinajstić information content (AvgIpc) is 2.75. The van der Waals surface area contributed by atoms with Crippen LogP contribution in [0.15, 0.2) is 47.4 Å². The van der Waals surface area contributed by atoms with Gasteiger partial charge in [-0.05, 0) is 55.3 Å². The molecule has 0 spiro atoms. The number of carbonyl (C=O) groups is 1. The van der Waals surface area contributed by atoms with Crippen LogP contribution in [0.4, 0.5) is 10.1 Å². The van der Waals surface area contributed by atoms with E-state index in [0.29, 0.717) is 24.5 Å². The Morgan fingerprint density at radius 3 is 2.47 bits per heavy atom. The lowest BCUT2D eigenvalue weighted by Crippen LogP contribution is -2.35. The molecule has 0 atom stereocenters. The molecule has 30 heavy (non-hydrogen) atoms. The van der Waals surface area contributed by atoms with Crippen molar-refractivity contribution in [2.75, 3.05) is 32.1 Å². The van der Waals surface area contributed by atoms with E-state index in [1.807, 2.05) is 0 Å². The summed E-state index contributed by atoms with van der Waals surface area (Å²) in [6.45, 7) is 1.05. The quantitative estimate of drug-likeness (QED) is 0.686. The van der Waals surface area contributed by atoms with Crippen molar-refractivity contribution < 1.29 is 27.1 Å². The first kappa shape index (κ1) is 22.0. The normalized spacial score (nSPS) is 14.9. The van der Waals surface area contributed by atoms with Crippen LogP contribution < -0.4 is 14.8 Å². The van der Waals surface area contributed by atoms with Crippen LogP contribution in [-0.4, -0.2) is 45.4 Å². The van der Waals surface area contributed by atoms with E-state index in [9.17, 15) is 17.6 Å². The second-order valence-electron chi connectivity index (χ2n) is 6.93. The van der Waals surface area contributed by atoms with E-state index in [0.717, 1.165) is 19.3 Å². The first-order valence-electron chi connectivity index (χ1n) is 9.76. The summed E-state index contributed by atoms with van der Waals surface area (Å²) in [7, 11) is -2.31. The zero-order valence-corrected chi connectivity index (χ0v) is 17.6. The van der Waals surface area contributed by atoms with Gasteiger partial charge in [-0.3, -0.25) is 4.79 Å². The molecule has 162 valence electrons. The van der Waals surface area contributed by atoms with Gasteiger partial charge in [0.1, 0.15) is 22.2 Å². The number of ether oxygens (including phenoxy) is 2. The molecule has 2 aromatic rings. The number of piperidine rings is 1. The fourth-order valence-electron chi connectivity index (χ4n) is 3.22. The summed E-state index contributed by atoms with van der Waals surface area (Å²) in [6.07, 6.45) is 2.72. The first-order chi connectivity index (χ1) is 14.4. The number of anilines is 1. The lowest BCUT2D eigenvalue weighted by atomic mass is 10.2. The number of carbonyl (C=O) groups excluding carboxylic acids is 1. The number of rotatable bonds is 8. The summed E-state index contributed by atoms with van der Waals surface area (Å²) in [5.41, 5.74) is 0.359. The summed E-state index contributed by atoms with van der Waals surface area (Å²) in [4.78, 5) is 12.3. The third kappa shape index (κ3) is 5.48. The highest BCUT2D eigenvalue weighted by atomic mass is 32.2. The molecule has 0 aromatic heterocycles. The topological polar surface area (TPSA) is 84.9 Å². The number of hydrogen-bond acceptors (Lipinski definition) is 5. The standard InChI is InChI=1S/C21H25FN2O5S/c1-28-19-10-7-17(15-20(19)30(26,27)24-12-3-2-4-13-24)23-21(25)11-14-29-18-8-5-16(22)6-9-18/h5-10,15H,2-4,11-14H2,1H3,(H,23,25). The molecule has 0 bridgehead atoms. The van der Waals surface area contributed by atoms with Crippen LogP contribution in [0.5, 0.6) is 11.5 Å². The minimum Gasteiger partial charge on any atom is -0.495 e. The van der Waals surface area contributed by atoms with Gasteiger partial charge in [0.15, 0.2) is 0 Å². The van der Waals surface area contributed by atoms with Gasteiger partial charge in [-0.2, -0.15) is 4.31 Å². The molecule has 2 aromatic carbocycles. The van der Waals surface area contributed by atoms with Crippen LogP contribution >= 0.6 is 0 Å². The SMILES string of the molecule is COc1ccc(NC(=O)CCOc2ccc(F)cc2)cc1S(=O)(=O)N1CCCCC1. The Morgan fingerprint density at radius 2 is 1.80 bits per heavy atom. The van der Waals surface area contributed by atoms with Crippen molar-refractivity contribution in [1.29, 1.82) is 0 Å². The number of hydrogen-bond donors (Lipinski definition) is 1. The summed E-state index contributed by atoms with van der Waals surface area (Å²) in [5, 5.41) is 2.69. The number of benzene rings is 2. The molecule has 1 aliphatic rings. The van der Waals surface area contributed by atoms with Gasteiger partial charge in [0.25, 0.3) is 0 Å². The highest BCUT2D eigenvalue weighted by Crippen LogP contribution is 2.31. The van der Waals surface area contributed by atoms with Gasteiger partial charge in [-0.25, -0.2) is 12.8 Å². The predicted molar refractivity (Wildman–Crippen MR) is 111 cm³/mol. The van der Waals surface area contributed by atoms with Gasteiger partial charge in [0, 0.05) is 18.8 Å². The smallest absolute Gasteiger partial charge is 0.246 e. The van der Waals surface area contributed by atoms with Crippen molar-refractivity contribution in [1.82, 2.24) is 4.31 Å². The van der Waals surface area contributed by atoms with Crippen LogP contribution in [0.25, 0.3) is 0 Å². The summed E-state index contributed by atoms with van der Waals surface area (Å²) >= 11 is 0. The van der Waals surface area contributed by atoms with Crippen LogP contribution in [0.3, 0.4) is 0 Å². The highest BCUT2D eigenvalue weighted by Gasteiger charge is 2.29. The van der Waals surface area contributed by atoms with Crippen molar-refractivity contribution in [2.24, 2.45) is 0 Å². The Balaban J connectivity index is 1.65. The Hall–Kier alpha value is -2.65. The largest absolute Gasteiger partial charge is 0.495 e. The van der Waals surface area contributed by atoms with Crippen molar-refractivity contribution in [3.63, 3.8) is 0 Å². The highest BCUT2D eigenvalue weighted by molar-refractivity contribution is 7.89. The fourth-order valence-corrected chi connectivity index (χ4v) is 4.91. The molecular weight excluding hydrogens is 411 g/mol. The molecule has 7 nitrogen and oxygen atoms in total.